The van der Waals surface area contributed by atoms with Crippen molar-refractivity contribution in [3.05, 3.63) is 52.2 Å². The number of carbonyl (C=O) groups excluding carboxylic acids is 2. The number of Topliss-reactive ketones (excluding diaryl/α,β-unsaturated/α-hetero) is 2. The first-order chi connectivity index (χ1) is 18.7. The van der Waals surface area contributed by atoms with Crippen LogP contribution >= 0.6 is 22.7 Å². The molecule has 4 rings (SSSR count). The Morgan fingerprint density at radius 3 is 1.90 bits per heavy atom. The topological polar surface area (TPSA) is 136 Å². The molecule has 9 nitrogen and oxygen atoms in total. The second kappa shape index (κ2) is 12.7. The number of ketones is 2. The van der Waals surface area contributed by atoms with Crippen LogP contribution in [0.1, 0.15) is 51.4 Å². The molecule has 0 fully saturated rings. The van der Waals surface area contributed by atoms with E-state index in [1.165, 1.54) is 29.8 Å². The van der Waals surface area contributed by atoms with Crippen molar-refractivity contribution in [2.24, 2.45) is 0 Å². The maximum atomic E-state index is 12.3. The smallest absolute Gasteiger partial charge is 0.303 e. The van der Waals surface area contributed by atoms with Crippen molar-refractivity contribution >= 4 is 66.4 Å². The number of benzene rings is 2. The molecule has 0 amide bonds. The van der Waals surface area contributed by atoms with Crippen LogP contribution in [0.2, 0.25) is 0 Å². The summed E-state index contributed by atoms with van der Waals surface area (Å²) in [5.41, 5.74) is 0. The molecule has 0 atom stereocenters. The van der Waals surface area contributed by atoms with Gasteiger partial charge in [0, 0.05) is 34.7 Å². The van der Waals surface area contributed by atoms with E-state index < -0.39 is 11.9 Å². The van der Waals surface area contributed by atoms with Crippen molar-refractivity contribution in [1.29, 1.82) is 0 Å². The molecule has 0 bridgehead atoms. The SMILES string of the molecule is COc1cc2cc(C(=O)CCC(=O)O)sc2cc1OCCCOc1ccc2sc(C(=O)CCC(=O)O)cc2c1. The van der Waals surface area contributed by atoms with Crippen LogP contribution in [0.25, 0.3) is 20.2 Å². The van der Waals surface area contributed by atoms with Crippen LogP contribution in [0.5, 0.6) is 17.2 Å². The number of thiophene rings is 2. The van der Waals surface area contributed by atoms with Gasteiger partial charge in [-0.25, -0.2) is 0 Å². The van der Waals surface area contributed by atoms with Gasteiger partial charge in [0.1, 0.15) is 5.75 Å². The maximum Gasteiger partial charge on any atom is 0.303 e. The first kappa shape index (κ1) is 28.1. The van der Waals surface area contributed by atoms with Crippen LogP contribution < -0.4 is 14.2 Å². The van der Waals surface area contributed by atoms with Gasteiger partial charge in [0.25, 0.3) is 0 Å². The summed E-state index contributed by atoms with van der Waals surface area (Å²) in [5, 5.41) is 19.3. The van der Waals surface area contributed by atoms with Gasteiger partial charge in [-0.05, 0) is 47.2 Å². The minimum absolute atomic E-state index is 0.0260. The second-order valence-corrected chi connectivity index (χ2v) is 10.8. The molecule has 2 aromatic carbocycles. The number of fused-ring (bicyclic) bond motifs is 2. The number of hydrogen-bond acceptors (Lipinski definition) is 9. The fourth-order valence-electron chi connectivity index (χ4n) is 3.82. The normalized spacial score (nSPS) is 11.0. The Hall–Kier alpha value is -3.96. The molecule has 0 spiro atoms. The summed E-state index contributed by atoms with van der Waals surface area (Å²) >= 11 is 2.63. The molecule has 0 saturated heterocycles. The van der Waals surface area contributed by atoms with Gasteiger partial charge in [-0.3, -0.25) is 19.2 Å². The minimum Gasteiger partial charge on any atom is -0.493 e. The molecule has 2 N–H and O–H groups in total. The third-order valence-electron chi connectivity index (χ3n) is 5.79. The summed E-state index contributed by atoms with van der Waals surface area (Å²) in [7, 11) is 1.54. The van der Waals surface area contributed by atoms with Crippen LogP contribution in [0.3, 0.4) is 0 Å². The van der Waals surface area contributed by atoms with E-state index in [-0.39, 0.29) is 37.2 Å². The predicted molar refractivity (Wildman–Crippen MR) is 148 cm³/mol. The molecule has 0 unspecified atom stereocenters. The lowest BCUT2D eigenvalue weighted by atomic mass is 10.1. The van der Waals surface area contributed by atoms with Crippen LogP contribution in [-0.2, 0) is 9.59 Å². The fourth-order valence-corrected chi connectivity index (χ4v) is 5.88. The van der Waals surface area contributed by atoms with Gasteiger partial charge in [-0.15, -0.1) is 22.7 Å². The molecule has 2 aromatic heterocycles. The van der Waals surface area contributed by atoms with E-state index in [2.05, 4.69) is 0 Å². The first-order valence-corrected chi connectivity index (χ1v) is 13.8. The second-order valence-electron chi connectivity index (χ2n) is 8.65. The fraction of sp³-hybridized carbons (Fsp3) is 0.286. The minimum atomic E-state index is -1.01. The van der Waals surface area contributed by atoms with Crippen molar-refractivity contribution in [1.82, 2.24) is 0 Å². The largest absolute Gasteiger partial charge is 0.493 e. The van der Waals surface area contributed by atoms with E-state index >= 15 is 0 Å². The summed E-state index contributed by atoms with van der Waals surface area (Å²) in [6, 6.07) is 12.7. The van der Waals surface area contributed by atoms with Crippen molar-refractivity contribution in [3.8, 4) is 17.2 Å². The van der Waals surface area contributed by atoms with Gasteiger partial charge < -0.3 is 24.4 Å². The number of carbonyl (C=O) groups is 4. The highest BCUT2D eigenvalue weighted by atomic mass is 32.1. The van der Waals surface area contributed by atoms with E-state index in [9.17, 15) is 19.2 Å². The Morgan fingerprint density at radius 1 is 0.692 bits per heavy atom. The van der Waals surface area contributed by atoms with E-state index in [0.717, 1.165) is 20.2 Å². The molecule has 11 heteroatoms. The van der Waals surface area contributed by atoms with E-state index in [1.54, 1.807) is 18.2 Å². The van der Waals surface area contributed by atoms with E-state index in [0.29, 0.717) is 46.6 Å². The molecule has 0 aliphatic rings. The number of methoxy groups -OCH3 is 1. The Kier molecular flexibility index (Phi) is 9.15. The number of carboxylic acid groups (broad SMARTS) is 2. The zero-order valence-electron chi connectivity index (χ0n) is 21.1. The average Bonchev–Trinajstić information content (AvgIpc) is 3.53. The molecule has 0 radical (unpaired) electrons. The molecular formula is C28H26O9S2. The van der Waals surface area contributed by atoms with Gasteiger partial charge in [-0.2, -0.15) is 0 Å². The maximum absolute atomic E-state index is 12.3. The van der Waals surface area contributed by atoms with Crippen molar-refractivity contribution in [2.45, 2.75) is 32.1 Å². The van der Waals surface area contributed by atoms with Crippen molar-refractivity contribution in [3.63, 3.8) is 0 Å². The molecule has 0 saturated carbocycles. The molecule has 4 aromatic rings. The van der Waals surface area contributed by atoms with Gasteiger partial charge in [0.05, 0.1) is 42.9 Å². The number of carboxylic acids is 2. The van der Waals surface area contributed by atoms with E-state index in [4.69, 9.17) is 24.4 Å². The number of aliphatic carboxylic acids is 2. The van der Waals surface area contributed by atoms with Crippen molar-refractivity contribution in [2.75, 3.05) is 20.3 Å². The third-order valence-corrected chi connectivity index (χ3v) is 8.08. The summed E-state index contributed by atoms with van der Waals surface area (Å²) in [6.07, 6.45) is 0.121. The molecule has 2 heterocycles. The third kappa shape index (κ3) is 7.33. The Bertz CT molecular complexity index is 1530. The van der Waals surface area contributed by atoms with Gasteiger partial charge in [-0.1, -0.05) is 0 Å². The summed E-state index contributed by atoms with van der Waals surface area (Å²) < 4.78 is 19.0. The van der Waals surface area contributed by atoms with Crippen LogP contribution in [0.15, 0.2) is 42.5 Å². The quantitative estimate of drug-likeness (QED) is 0.129. The van der Waals surface area contributed by atoms with Gasteiger partial charge in [0.2, 0.25) is 0 Å². The lowest BCUT2D eigenvalue weighted by Crippen LogP contribution is -2.05. The zero-order chi connectivity index (χ0) is 27.9. The number of rotatable bonds is 15. The highest BCUT2D eigenvalue weighted by molar-refractivity contribution is 7.21. The standard InChI is InChI=1S/C28H26O9S2/c1-35-21-12-17-14-26(20(30)5-8-28(33)34)39-24(17)15-22(21)37-10-2-9-36-18-3-6-23-16(11-18)13-25(38-23)19(29)4-7-27(31)32/h3,6,11-15H,2,4-5,7-10H2,1H3,(H,31,32)(H,33,34). The average molecular weight is 571 g/mol. The first-order valence-electron chi connectivity index (χ1n) is 12.1. The summed E-state index contributed by atoms with van der Waals surface area (Å²) in [6.45, 7) is 0.756. The molecular weight excluding hydrogens is 544 g/mol. The van der Waals surface area contributed by atoms with E-state index in [1.807, 2.05) is 24.3 Å². The predicted octanol–water partition coefficient (Wildman–Crippen LogP) is 6.07. The summed E-state index contributed by atoms with van der Waals surface area (Å²) in [5.74, 6) is -0.672. The van der Waals surface area contributed by atoms with Crippen LogP contribution in [-0.4, -0.2) is 54.0 Å². The molecule has 204 valence electrons. The zero-order valence-corrected chi connectivity index (χ0v) is 22.7. The molecule has 0 aliphatic carbocycles. The van der Waals surface area contributed by atoms with Crippen molar-refractivity contribution < 1.29 is 43.6 Å². The highest BCUT2D eigenvalue weighted by Gasteiger charge is 2.16. The van der Waals surface area contributed by atoms with Gasteiger partial charge >= 0.3 is 11.9 Å². The number of ether oxygens (including phenoxy) is 3. The highest BCUT2D eigenvalue weighted by Crippen LogP contribution is 2.37. The van der Waals surface area contributed by atoms with Crippen LogP contribution in [0.4, 0.5) is 0 Å². The molecule has 0 aliphatic heterocycles. The number of hydrogen-bond donors (Lipinski definition) is 2. The lowest BCUT2D eigenvalue weighted by molar-refractivity contribution is -0.137. The monoisotopic (exact) mass is 570 g/mol. The lowest BCUT2D eigenvalue weighted by Gasteiger charge is -2.11. The van der Waals surface area contributed by atoms with Crippen LogP contribution in [0, 0.1) is 0 Å². The Morgan fingerprint density at radius 2 is 1.28 bits per heavy atom. The van der Waals surface area contributed by atoms with Gasteiger partial charge in [0.15, 0.2) is 23.1 Å². The summed E-state index contributed by atoms with van der Waals surface area (Å²) in [4.78, 5) is 47.0. The Labute approximate surface area is 231 Å². The molecule has 39 heavy (non-hydrogen) atoms. The Balaban J connectivity index is 1.31.